The molecule has 1 aromatic carbocycles. The minimum Gasteiger partial charge on any atom is -0.398 e. The molecule has 2 aliphatic heterocycles. The van der Waals surface area contributed by atoms with Crippen LogP contribution in [0.2, 0.25) is 0 Å². The monoisotopic (exact) mass is 325 g/mol. The zero-order valence-corrected chi connectivity index (χ0v) is 14.1. The van der Waals surface area contributed by atoms with Crippen LogP contribution in [0.15, 0.2) is 23.1 Å². The Morgan fingerprint density at radius 3 is 2.90 bits per heavy atom. The molecule has 2 N–H and O–H groups in total. The van der Waals surface area contributed by atoms with Gasteiger partial charge in [0.15, 0.2) is 0 Å². The van der Waals surface area contributed by atoms with Crippen molar-refractivity contribution in [1.82, 2.24) is 0 Å². The predicted octanol–water partition coefficient (Wildman–Crippen LogP) is 3.13. The average molecular weight is 325 g/mol. The smallest absolute Gasteiger partial charge is 0.0709 e. The van der Waals surface area contributed by atoms with E-state index in [0.717, 1.165) is 54.3 Å². The second-order valence-corrected chi connectivity index (χ2v) is 9.02. The minimum atomic E-state index is -1.03. The van der Waals surface area contributed by atoms with Crippen LogP contribution in [0, 0.1) is 6.92 Å². The molecule has 0 bridgehead atoms. The van der Waals surface area contributed by atoms with Gasteiger partial charge >= 0.3 is 0 Å². The first-order chi connectivity index (χ1) is 10.1. The van der Waals surface area contributed by atoms with E-state index < -0.39 is 10.8 Å². The van der Waals surface area contributed by atoms with Crippen LogP contribution < -0.4 is 5.73 Å². The lowest BCUT2D eigenvalue weighted by atomic mass is 9.88. The molecule has 0 amide bonds. The number of ether oxygens (including phenoxy) is 1. The number of anilines is 1. The molecule has 2 atom stereocenters. The summed E-state index contributed by atoms with van der Waals surface area (Å²) in [4.78, 5) is 0.808. The molecule has 1 aromatic rings. The number of rotatable bonds is 2. The van der Waals surface area contributed by atoms with Crippen molar-refractivity contribution >= 4 is 28.2 Å². The molecular formula is C16H23NO2S2. The van der Waals surface area contributed by atoms with E-state index in [0.29, 0.717) is 5.69 Å². The zero-order chi connectivity index (χ0) is 14.9. The zero-order valence-electron chi connectivity index (χ0n) is 12.5. The van der Waals surface area contributed by atoms with Crippen LogP contribution in [-0.2, 0) is 15.5 Å². The summed E-state index contributed by atoms with van der Waals surface area (Å²) in [5.74, 6) is 2.32. The third-order valence-corrected chi connectivity index (χ3v) is 7.32. The lowest BCUT2D eigenvalue weighted by molar-refractivity contribution is -0.0809. The van der Waals surface area contributed by atoms with E-state index in [1.165, 1.54) is 0 Å². The molecule has 3 rings (SSSR count). The Bertz CT molecular complexity index is 536. The molecular weight excluding hydrogens is 302 g/mol. The van der Waals surface area contributed by atoms with Crippen LogP contribution in [0.4, 0.5) is 5.69 Å². The molecule has 0 aromatic heterocycles. The molecule has 0 radical (unpaired) electrons. The minimum absolute atomic E-state index is 0.0254. The second-order valence-electron chi connectivity index (χ2n) is 6.10. The van der Waals surface area contributed by atoms with Gasteiger partial charge in [-0.25, -0.2) is 0 Å². The van der Waals surface area contributed by atoms with Gasteiger partial charge in [-0.1, -0.05) is 6.07 Å². The summed E-state index contributed by atoms with van der Waals surface area (Å²) in [6.07, 6.45) is 3.96. The van der Waals surface area contributed by atoms with Crippen molar-refractivity contribution in [3.8, 4) is 0 Å². The highest BCUT2D eigenvalue weighted by Gasteiger charge is 2.41. The summed E-state index contributed by atoms with van der Waals surface area (Å²) in [5, 5.41) is 0.172. The van der Waals surface area contributed by atoms with Gasteiger partial charge in [-0.2, -0.15) is 11.8 Å². The normalized spacial score (nSPS) is 26.6. The Kier molecular flexibility index (Phi) is 4.62. The fourth-order valence-electron chi connectivity index (χ4n) is 3.25. The molecule has 2 unspecified atom stereocenters. The van der Waals surface area contributed by atoms with Gasteiger partial charge in [0, 0.05) is 17.5 Å². The molecule has 1 spiro atoms. The Hall–Kier alpha value is -0.520. The molecule has 2 heterocycles. The van der Waals surface area contributed by atoms with Crippen molar-refractivity contribution in [2.24, 2.45) is 0 Å². The van der Waals surface area contributed by atoms with E-state index in [9.17, 15) is 4.21 Å². The van der Waals surface area contributed by atoms with E-state index in [-0.39, 0.29) is 10.9 Å². The Balaban J connectivity index is 1.79. The van der Waals surface area contributed by atoms with Crippen molar-refractivity contribution in [2.45, 2.75) is 48.4 Å². The molecule has 21 heavy (non-hydrogen) atoms. The van der Waals surface area contributed by atoms with Gasteiger partial charge in [0.05, 0.1) is 21.3 Å². The number of thioether (sulfide) groups is 1. The molecule has 3 nitrogen and oxygen atoms in total. The maximum Gasteiger partial charge on any atom is 0.0709 e. The van der Waals surface area contributed by atoms with Crippen molar-refractivity contribution in [3.63, 3.8) is 0 Å². The summed E-state index contributed by atoms with van der Waals surface area (Å²) in [6, 6.07) is 5.82. The predicted molar refractivity (Wildman–Crippen MR) is 90.3 cm³/mol. The highest BCUT2D eigenvalue weighted by atomic mass is 32.2. The Labute approximate surface area is 133 Å². The number of benzene rings is 1. The maximum absolute atomic E-state index is 13.0. The lowest BCUT2D eigenvalue weighted by Gasteiger charge is -2.43. The van der Waals surface area contributed by atoms with Crippen LogP contribution in [0.1, 0.15) is 31.2 Å². The van der Waals surface area contributed by atoms with Crippen LogP contribution in [0.5, 0.6) is 0 Å². The van der Waals surface area contributed by atoms with E-state index >= 15 is 0 Å². The molecule has 2 saturated heterocycles. The fraction of sp³-hybridized carbons (Fsp3) is 0.625. The van der Waals surface area contributed by atoms with Crippen molar-refractivity contribution < 1.29 is 8.95 Å². The largest absolute Gasteiger partial charge is 0.398 e. The van der Waals surface area contributed by atoms with Crippen LogP contribution in [0.25, 0.3) is 0 Å². The van der Waals surface area contributed by atoms with E-state index in [1.807, 2.05) is 36.9 Å². The topological polar surface area (TPSA) is 52.3 Å². The average Bonchev–Trinajstić information content (AvgIpc) is 2.50. The lowest BCUT2D eigenvalue weighted by Crippen LogP contribution is -2.45. The van der Waals surface area contributed by atoms with Gasteiger partial charge in [0.1, 0.15) is 0 Å². The van der Waals surface area contributed by atoms with Crippen molar-refractivity contribution in [1.29, 1.82) is 0 Å². The Morgan fingerprint density at radius 1 is 1.38 bits per heavy atom. The Morgan fingerprint density at radius 2 is 2.14 bits per heavy atom. The molecule has 0 saturated carbocycles. The molecule has 5 heteroatoms. The number of nitrogens with two attached hydrogens (primary N) is 1. The summed E-state index contributed by atoms with van der Waals surface area (Å²) in [7, 11) is -1.03. The molecule has 2 aliphatic rings. The van der Waals surface area contributed by atoms with Gasteiger partial charge in [0.2, 0.25) is 0 Å². The third kappa shape index (κ3) is 3.30. The first-order valence-corrected chi connectivity index (χ1v) is 9.95. The van der Waals surface area contributed by atoms with Gasteiger partial charge in [-0.3, -0.25) is 4.21 Å². The molecule has 0 aliphatic carbocycles. The van der Waals surface area contributed by atoms with Crippen LogP contribution in [0.3, 0.4) is 0 Å². The number of hydrogen-bond donors (Lipinski definition) is 1. The maximum atomic E-state index is 13.0. The van der Waals surface area contributed by atoms with Gasteiger partial charge in [0.25, 0.3) is 0 Å². The van der Waals surface area contributed by atoms with Gasteiger partial charge in [-0.05, 0) is 61.8 Å². The number of aryl methyl sites for hydroxylation is 1. The molecule has 116 valence electrons. The summed E-state index contributed by atoms with van der Waals surface area (Å²) in [5.41, 5.74) is 7.78. The standard InChI is InChI=1S/C16H23NO2S2/c1-12-2-3-14(17)15(10-12)21(18)13-4-7-19-16(11-13)5-8-20-9-6-16/h2-3,10,13H,4-9,11,17H2,1H3. The van der Waals surface area contributed by atoms with E-state index in [2.05, 4.69) is 0 Å². The number of nitrogen functional groups attached to an aromatic ring is 1. The highest BCUT2D eigenvalue weighted by Crippen LogP contribution is 2.40. The van der Waals surface area contributed by atoms with Crippen LogP contribution >= 0.6 is 11.8 Å². The first-order valence-electron chi connectivity index (χ1n) is 7.58. The molecule has 2 fully saturated rings. The third-order valence-electron chi connectivity index (χ3n) is 4.54. The quantitative estimate of drug-likeness (QED) is 0.849. The van der Waals surface area contributed by atoms with Gasteiger partial charge in [-0.15, -0.1) is 0 Å². The number of hydrogen-bond acceptors (Lipinski definition) is 4. The van der Waals surface area contributed by atoms with E-state index in [1.54, 1.807) is 0 Å². The highest BCUT2D eigenvalue weighted by molar-refractivity contribution is 7.99. The second kappa shape index (κ2) is 6.31. The first kappa shape index (κ1) is 15.4. The summed E-state index contributed by atoms with van der Waals surface area (Å²) in [6.45, 7) is 2.75. The van der Waals surface area contributed by atoms with E-state index in [4.69, 9.17) is 10.5 Å². The summed E-state index contributed by atoms with van der Waals surface area (Å²) < 4.78 is 19.1. The van der Waals surface area contributed by atoms with Crippen molar-refractivity contribution in [2.75, 3.05) is 23.8 Å². The van der Waals surface area contributed by atoms with Gasteiger partial charge < -0.3 is 10.5 Å². The van der Waals surface area contributed by atoms with Crippen LogP contribution in [-0.4, -0.2) is 33.2 Å². The van der Waals surface area contributed by atoms with Crippen molar-refractivity contribution in [3.05, 3.63) is 23.8 Å². The SMILES string of the molecule is Cc1ccc(N)c(S(=O)C2CCOC3(CCSCC3)C2)c1. The fourth-order valence-corrected chi connectivity index (χ4v) is 6.22. The summed E-state index contributed by atoms with van der Waals surface area (Å²) >= 11 is 2.00.